The molecule has 0 atom stereocenters. The highest BCUT2D eigenvalue weighted by Gasteiger charge is 2.29. The molecule has 0 aromatic carbocycles. The van der Waals surface area contributed by atoms with E-state index in [1.807, 2.05) is 29.1 Å². The van der Waals surface area contributed by atoms with Crippen LogP contribution in [0.25, 0.3) is 0 Å². The fourth-order valence-electron chi connectivity index (χ4n) is 4.10. The van der Waals surface area contributed by atoms with Crippen molar-refractivity contribution in [3.63, 3.8) is 0 Å². The number of rotatable bonds is 4. The van der Waals surface area contributed by atoms with Crippen LogP contribution in [0.5, 0.6) is 0 Å². The highest BCUT2D eigenvalue weighted by atomic mass is 32.1. The average Bonchev–Trinajstić information content (AvgIpc) is 3.25. The number of nitrogens with one attached hydrogen (secondary N) is 1. The second kappa shape index (κ2) is 8.18. The third-order valence-electron chi connectivity index (χ3n) is 5.62. The third-order valence-corrected chi connectivity index (χ3v) is 6.30. The number of anilines is 1. The second-order valence-electron chi connectivity index (χ2n) is 7.20. The van der Waals surface area contributed by atoms with Crippen molar-refractivity contribution in [2.45, 2.75) is 37.8 Å². The largest absolute Gasteiger partial charge is 0.354 e. The van der Waals surface area contributed by atoms with Gasteiger partial charge in [-0.25, -0.2) is 4.98 Å². The van der Waals surface area contributed by atoms with Gasteiger partial charge in [0.1, 0.15) is 5.82 Å². The minimum Gasteiger partial charge on any atom is -0.354 e. The molecule has 5 nitrogen and oxygen atoms in total. The summed E-state index contributed by atoms with van der Waals surface area (Å²) in [5, 5.41) is 7.08. The van der Waals surface area contributed by atoms with E-state index >= 15 is 0 Å². The zero-order chi connectivity index (χ0) is 17.8. The summed E-state index contributed by atoms with van der Waals surface area (Å²) in [5.41, 5.74) is 0.794. The Balaban J connectivity index is 1.22. The van der Waals surface area contributed by atoms with E-state index in [4.69, 9.17) is 0 Å². The summed E-state index contributed by atoms with van der Waals surface area (Å²) >= 11 is 1.57. The molecular formula is C20H26N4OS. The predicted molar refractivity (Wildman–Crippen MR) is 106 cm³/mol. The fourth-order valence-corrected chi connectivity index (χ4v) is 4.74. The maximum absolute atomic E-state index is 12.2. The molecule has 1 N–H and O–H groups in total. The minimum atomic E-state index is 0.0821. The van der Waals surface area contributed by atoms with Crippen molar-refractivity contribution in [1.82, 2.24) is 15.2 Å². The van der Waals surface area contributed by atoms with Gasteiger partial charge in [0.15, 0.2) is 0 Å². The van der Waals surface area contributed by atoms with Crippen LogP contribution in [0.15, 0.2) is 41.2 Å². The highest BCUT2D eigenvalue weighted by molar-refractivity contribution is 7.08. The van der Waals surface area contributed by atoms with E-state index in [-0.39, 0.29) is 5.91 Å². The summed E-state index contributed by atoms with van der Waals surface area (Å²) in [6.07, 6.45) is 6.39. The van der Waals surface area contributed by atoms with Gasteiger partial charge in [-0.1, -0.05) is 6.07 Å². The highest BCUT2D eigenvalue weighted by Crippen LogP contribution is 2.25. The lowest BCUT2D eigenvalue weighted by atomic mass is 9.89. The van der Waals surface area contributed by atoms with Crippen molar-refractivity contribution in [2.75, 3.05) is 31.1 Å². The first-order chi connectivity index (χ1) is 12.8. The molecule has 6 heteroatoms. The zero-order valence-corrected chi connectivity index (χ0v) is 15.8. The van der Waals surface area contributed by atoms with Crippen molar-refractivity contribution in [3.8, 4) is 0 Å². The number of amides is 1. The maximum Gasteiger partial charge on any atom is 0.252 e. The van der Waals surface area contributed by atoms with Crippen LogP contribution in [0.3, 0.4) is 0 Å². The van der Waals surface area contributed by atoms with Gasteiger partial charge < -0.3 is 10.2 Å². The molecule has 0 radical (unpaired) electrons. The van der Waals surface area contributed by atoms with Crippen molar-refractivity contribution in [1.29, 1.82) is 0 Å². The lowest BCUT2D eigenvalue weighted by Crippen LogP contribution is -2.52. The second-order valence-corrected chi connectivity index (χ2v) is 7.98. The molecular weight excluding hydrogens is 344 g/mol. The molecule has 138 valence electrons. The smallest absolute Gasteiger partial charge is 0.252 e. The van der Waals surface area contributed by atoms with Gasteiger partial charge in [0, 0.05) is 55.4 Å². The Morgan fingerprint density at radius 2 is 1.88 bits per heavy atom. The number of carbonyl (C=O) groups is 1. The van der Waals surface area contributed by atoms with Crippen LogP contribution in [0.2, 0.25) is 0 Å². The SMILES string of the molecule is O=C(N[C@H]1CC[C@H](N2CCN(c3ccccn3)CC2)CC1)c1ccsc1. The quantitative estimate of drug-likeness (QED) is 0.899. The number of hydrogen-bond acceptors (Lipinski definition) is 5. The molecule has 2 aliphatic rings. The van der Waals surface area contributed by atoms with Crippen molar-refractivity contribution in [3.05, 3.63) is 46.8 Å². The number of piperazine rings is 1. The van der Waals surface area contributed by atoms with Crippen molar-refractivity contribution < 1.29 is 4.79 Å². The van der Waals surface area contributed by atoms with E-state index in [1.165, 1.54) is 12.8 Å². The molecule has 2 aromatic rings. The van der Waals surface area contributed by atoms with Crippen LogP contribution in [0.4, 0.5) is 5.82 Å². The van der Waals surface area contributed by atoms with E-state index in [0.717, 1.165) is 50.4 Å². The van der Waals surface area contributed by atoms with Crippen LogP contribution in [-0.4, -0.2) is 54.1 Å². The molecule has 2 fully saturated rings. The Hall–Kier alpha value is -1.92. The Morgan fingerprint density at radius 1 is 1.08 bits per heavy atom. The number of pyridine rings is 1. The van der Waals surface area contributed by atoms with Crippen LogP contribution < -0.4 is 10.2 Å². The number of nitrogens with zero attached hydrogens (tertiary/aromatic N) is 3. The Labute approximate surface area is 159 Å². The molecule has 1 aliphatic carbocycles. The molecule has 1 saturated carbocycles. The van der Waals surface area contributed by atoms with E-state index in [9.17, 15) is 4.79 Å². The standard InChI is InChI=1S/C20H26N4OS/c25-20(16-8-14-26-15-16)22-17-4-6-18(7-5-17)23-10-12-24(13-11-23)19-3-1-2-9-21-19/h1-3,8-9,14-15,17-18H,4-7,10-13H2,(H,22,25)/t17-,18-. The number of aromatic nitrogens is 1. The summed E-state index contributed by atoms with van der Waals surface area (Å²) in [5.74, 6) is 1.17. The van der Waals surface area contributed by atoms with Gasteiger partial charge in [0.25, 0.3) is 5.91 Å². The average molecular weight is 371 g/mol. The summed E-state index contributed by atoms with van der Waals surface area (Å²) in [4.78, 5) is 21.7. The predicted octanol–water partition coefficient (Wildman–Crippen LogP) is 3.01. The minimum absolute atomic E-state index is 0.0821. The Kier molecular flexibility index (Phi) is 5.51. The molecule has 4 rings (SSSR count). The van der Waals surface area contributed by atoms with Gasteiger partial charge in [-0.15, -0.1) is 0 Å². The molecule has 3 heterocycles. The first-order valence-corrected chi connectivity index (χ1v) is 10.5. The van der Waals surface area contributed by atoms with E-state index in [1.54, 1.807) is 11.3 Å². The molecule has 2 aromatic heterocycles. The summed E-state index contributed by atoms with van der Waals surface area (Å²) in [6.45, 7) is 4.30. The lowest BCUT2D eigenvalue weighted by molar-refractivity contribution is 0.0899. The molecule has 1 saturated heterocycles. The molecule has 0 bridgehead atoms. The van der Waals surface area contributed by atoms with Gasteiger partial charge in [-0.3, -0.25) is 9.69 Å². The van der Waals surface area contributed by atoms with Gasteiger partial charge in [-0.2, -0.15) is 11.3 Å². The lowest BCUT2D eigenvalue weighted by Gasteiger charge is -2.42. The van der Waals surface area contributed by atoms with Crippen LogP contribution in [0, 0.1) is 0 Å². The maximum atomic E-state index is 12.2. The van der Waals surface area contributed by atoms with Gasteiger partial charge in [-0.05, 0) is 49.3 Å². The summed E-state index contributed by atoms with van der Waals surface area (Å²) < 4.78 is 0. The molecule has 1 amide bonds. The van der Waals surface area contributed by atoms with Gasteiger partial charge in [0.2, 0.25) is 0 Å². The van der Waals surface area contributed by atoms with Gasteiger partial charge in [0.05, 0.1) is 0 Å². The first kappa shape index (κ1) is 17.5. The van der Waals surface area contributed by atoms with Crippen LogP contribution in [-0.2, 0) is 0 Å². The van der Waals surface area contributed by atoms with Crippen LogP contribution >= 0.6 is 11.3 Å². The molecule has 0 unspecified atom stereocenters. The number of carbonyl (C=O) groups excluding carboxylic acids is 1. The summed E-state index contributed by atoms with van der Waals surface area (Å²) in [7, 11) is 0. The van der Waals surface area contributed by atoms with Crippen molar-refractivity contribution >= 4 is 23.1 Å². The Bertz CT molecular complexity index is 690. The van der Waals surface area contributed by atoms with E-state index < -0.39 is 0 Å². The molecule has 26 heavy (non-hydrogen) atoms. The zero-order valence-electron chi connectivity index (χ0n) is 15.0. The monoisotopic (exact) mass is 370 g/mol. The Morgan fingerprint density at radius 3 is 2.54 bits per heavy atom. The van der Waals surface area contributed by atoms with Gasteiger partial charge >= 0.3 is 0 Å². The molecule has 0 spiro atoms. The number of hydrogen-bond donors (Lipinski definition) is 1. The van der Waals surface area contributed by atoms with E-state index in [0.29, 0.717) is 12.1 Å². The van der Waals surface area contributed by atoms with E-state index in [2.05, 4.69) is 32.2 Å². The molecule has 1 aliphatic heterocycles. The topological polar surface area (TPSA) is 48.5 Å². The fraction of sp³-hybridized carbons (Fsp3) is 0.500. The first-order valence-electron chi connectivity index (χ1n) is 9.53. The third kappa shape index (κ3) is 4.07. The normalized spacial score (nSPS) is 24.4. The van der Waals surface area contributed by atoms with Crippen molar-refractivity contribution in [2.24, 2.45) is 0 Å². The summed E-state index contributed by atoms with van der Waals surface area (Å²) in [6, 6.07) is 9.00. The number of thiophene rings is 1. The van der Waals surface area contributed by atoms with Crippen LogP contribution in [0.1, 0.15) is 36.0 Å².